The third kappa shape index (κ3) is 5.72. The summed E-state index contributed by atoms with van der Waals surface area (Å²) in [5, 5.41) is 0.781. The van der Waals surface area contributed by atoms with E-state index in [4.69, 9.17) is 27.9 Å². The third-order valence-electron chi connectivity index (χ3n) is 3.65. The van der Waals surface area contributed by atoms with Gasteiger partial charge in [-0.15, -0.1) is 0 Å². The molecule has 0 heterocycles. The Morgan fingerprint density at radius 3 is 2.32 bits per heavy atom. The molecule has 0 aliphatic heterocycles. The predicted molar refractivity (Wildman–Crippen MR) is 101 cm³/mol. The second-order valence-corrected chi connectivity index (χ2v) is 9.55. The van der Waals surface area contributed by atoms with Crippen LogP contribution in [-0.4, -0.2) is 17.9 Å². The predicted octanol–water partition coefficient (Wildman–Crippen LogP) is 6.08. The van der Waals surface area contributed by atoms with Crippen LogP contribution in [0.25, 0.3) is 0 Å². The SMILES string of the molecule is CC(C)c1cc(Cc2c(Cl)cc(OCP(C)(=O)O)cc2Cl)ccc1F. The second-order valence-electron chi connectivity index (χ2n) is 6.38. The molecule has 0 saturated heterocycles. The Bertz CT molecular complexity index is 795. The maximum atomic E-state index is 13.8. The largest absolute Gasteiger partial charge is 0.483 e. The van der Waals surface area contributed by atoms with E-state index in [1.807, 2.05) is 19.9 Å². The van der Waals surface area contributed by atoms with Gasteiger partial charge in [-0.05, 0) is 40.8 Å². The number of ether oxygens (including phenoxy) is 1. The Labute approximate surface area is 157 Å². The normalized spacial score (nSPS) is 13.8. The minimum Gasteiger partial charge on any atom is -0.483 e. The Balaban J connectivity index is 2.26. The van der Waals surface area contributed by atoms with Gasteiger partial charge in [-0.2, -0.15) is 0 Å². The molecule has 0 aliphatic rings. The lowest BCUT2D eigenvalue weighted by Crippen LogP contribution is -2.00. The molecule has 0 aromatic heterocycles. The topological polar surface area (TPSA) is 46.5 Å². The molecule has 7 heteroatoms. The van der Waals surface area contributed by atoms with Crippen molar-refractivity contribution in [2.45, 2.75) is 26.2 Å². The summed E-state index contributed by atoms with van der Waals surface area (Å²) in [6, 6.07) is 8.09. The lowest BCUT2D eigenvalue weighted by Gasteiger charge is -2.14. The molecule has 1 atom stereocenters. The summed E-state index contributed by atoms with van der Waals surface area (Å²) >= 11 is 12.6. The van der Waals surface area contributed by atoms with Crippen molar-refractivity contribution in [2.75, 3.05) is 13.0 Å². The van der Waals surface area contributed by atoms with Crippen molar-refractivity contribution in [3.05, 3.63) is 62.9 Å². The molecule has 0 saturated carbocycles. The molecule has 136 valence electrons. The highest BCUT2D eigenvalue weighted by molar-refractivity contribution is 7.56. The first-order valence-corrected chi connectivity index (χ1v) is 10.8. The van der Waals surface area contributed by atoms with E-state index in [-0.39, 0.29) is 18.1 Å². The molecule has 0 spiro atoms. The van der Waals surface area contributed by atoms with Gasteiger partial charge in [0, 0.05) is 23.1 Å². The molecule has 0 fully saturated rings. The van der Waals surface area contributed by atoms with Crippen LogP contribution >= 0.6 is 30.6 Å². The van der Waals surface area contributed by atoms with Gasteiger partial charge in [0.25, 0.3) is 0 Å². The Hall–Kier alpha value is -1.06. The van der Waals surface area contributed by atoms with E-state index >= 15 is 0 Å². The van der Waals surface area contributed by atoms with Crippen LogP contribution in [0, 0.1) is 5.82 Å². The average Bonchev–Trinajstić information content (AvgIpc) is 2.49. The van der Waals surface area contributed by atoms with Gasteiger partial charge < -0.3 is 9.63 Å². The van der Waals surface area contributed by atoms with Crippen molar-refractivity contribution in [1.29, 1.82) is 0 Å². The molecule has 2 rings (SSSR count). The highest BCUT2D eigenvalue weighted by atomic mass is 35.5. The van der Waals surface area contributed by atoms with Crippen molar-refractivity contribution >= 4 is 30.6 Å². The highest BCUT2D eigenvalue weighted by Gasteiger charge is 2.15. The number of halogens is 3. The lowest BCUT2D eigenvalue weighted by atomic mass is 9.97. The van der Waals surface area contributed by atoms with E-state index in [0.29, 0.717) is 33.3 Å². The fraction of sp³-hybridized carbons (Fsp3) is 0.333. The standard InChI is InChI=1S/C18H20Cl2FO3P/c1-11(2)14-6-12(4-5-18(14)21)7-15-16(19)8-13(9-17(15)20)24-10-25(3,22)23/h4-6,8-9,11H,7,10H2,1-3H3,(H,22,23). The van der Waals surface area contributed by atoms with E-state index in [9.17, 15) is 13.8 Å². The minimum atomic E-state index is -3.29. The number of hydrogen-bond donors (Lipinski definition) is 1. The monoisotopic (exact) mass is 404 g/mol. The molecule has 0 aliphatic carbocycles. The van der Waals surface area contributed by atoms with Gasteiger partial charge in [-0.25, -0.2) is 4.39 Å². The number of hydrogen-bond acceptors (Lipinski definition) is 2. The van der Waals surface area contributed by atoms with Crippen LogP contribution in [0.3, 0.4) is 0 Å². The van der Waals surface area contributed by atoms with Gasteiger partial charge in [0.2, 0.25) is 7.37 Å². The van der Waals surface area contributed by atoms with E-state index in [1.54, 1.807) is 18.2 Å². The van der Waals surface area contributed by atoms with Gasteiger partial charge in [0.15, 0.2) is 6.35 Å². The van der Waals surface area contributed by atoms with Crippen LogP contribution in [0.1, 0.15) is 36.5 Å². The van der Waals surface area contributed by atoms with Crippen LogP contribution in [0.15, 0.2) is 30.3 Å². The number of benzene rings is 2. The van der Waals surface area contributed by atoms with Gasteiger partial charge in [0.05, 0.1) is 0 Å². The molecule has 0 radical (unpaired) electrons. The summed E-state index contributed by atoms with van der Waals surface area (Å²) in [5.41, 5.74) is 2.24. The molecule has 0 bridgehead atoms. The van der Waals surface area contributed by atoms with Crippen LogP contribution in [0.2, 0.25) is 10.0 Å². The first-order chi connectivity index (χ1) is 11.6. The van der Waals surface area contributed by atoms with E-state index in [0.717, 1.165) is 5.56 Å². The van der Waals surface area contributed by atoms with Crippen molar-refractivity contribution in [3.63, 3.8) is 0 Å². The van der Waals surface area contributed by atoms with Crippen LogP contribution in [0.5, 0.6) is 5.75 Å². The quantitative estimate of drug-likeness (QED) is 0.593. The molecule has 3 nitrogen and oxygen atoms in total. The van der Waals surface area contributed by atoms with Crippen LogP contribution in [-0.2, 0) is 11.0 Å². The fourth-order valence-electron chi connectivity index (χ4n) is 2.38. The summed E-state index contributed by atoms with van der Waals surface area (Å²) in [6.45, 7) is 5.08. The van der Waals surface area contributed by atoms with Crippen LogP contribution < -0.4 is 4.74 Å². The molecule has 1 unspecified atom stereocenters. The zero-order chi connectivity index (χ0) is 18.8. The molecule has 1 N–H and O–H groups in total. The number of rotatable bonds is 6. The minimum absolute atomic E-state index is 0.0740. The van der Waals surface area contributed by atoms with E-state index in [1.165, 1.54) is 12.7 Å². The van der Waals surface area contributed by atoms with Crippen LogP contribution in [0.4, 0.5) is 4.39 Å². The summed E-state index contributed by atoms with van der Waals surface area (Å²) in [4.78, 5) is 9.29. The Kier molecular flexibility index (Phi) is 6.56. The summed E-state index contributed by atoms with van der Waals surface area (Å²) in [5.74, 6) is 0.175. The van der Waals surface area contributed by atoms with Crippen molar-refractivity contribution in [2.24, 2.45) is 0 Å². The van der Waals surface area contributed by atoms with Gasteiger partial charge in [-0.3, -0.25) is 4.57 Å². The molecule has 0 amide bonds. The van der Waals surface area contributed by atoms with E-state index in [2.05, 4.69) is 0 Å². The van der Waals surface area contributed by atoms with Gasteiger partial charge >= 0.3 is 0 Å². The smallest absolute Gasteiger partial charge is 0.233 e. The van der Waals surface area contributed by atoms with Crippen molar-refractivity contribution in [1.82, 2.24) is 0 Å². The van der Waals surface area contributed by atoms with Crippen molar-refractivity contribution in [3.8, 4) is 5.75 Å². The second kappa shape index (κ2) is 8.09. The maximum Gasteiger partial charge on any atom is 0.233 e. The zero-order valence-corrected chi connectivity index (χ0v) is 16.6. The molecule has 2 aromatic rings. The van der Waals surface area contributed by atoms with Gasteiger partial charge in [-0.1, -0.05) is 49.2 Å². The third-order valence-corrected chi connectivity index (χ3v) is 4.93. The Morgan fingerprint density at radius 1 is 1.20 bits per heavy atom. The lowest BCUT2D eigenvalue weighted by molar-refractivity contribution is 0.352. The first kappa shape index (κ1) is 20.3. The first-order valence-electron chi connectivity index (χ1n) is 7.75. The van der Waals surface area contributed by atoms with E-state index < -0.39 is 7.37 Å². The Morgan fingerprint density at radius 2 is 1.80 bits per heavy atom. The summed E-state index contributed by atoms with van der Waals surface area (Å²) in [7, 11) is -3.29. The average molecular weight is 405 g/mol. The maximum absolute atomic E-state index is 13.8. The van der Waals surface area contributed by atoms with Gasteiger partial charge in [0.1, 0.15) is 11.6 Å². The molecule has 2 aromatic carbocycles. The highest BCUT2D eigenvalue weighted by Crippen LogP contribution is 2.37. The summed E-state index contributed by atoms with van der Waals surface area (Å²) in [6.07, 6.45) is 0.138. The molecule has 25 heavy (non-hydrogen) atoms. The fourth-order valence-corrected chi connectivity index (χ4v) is 3.37. The molecular formula is C18H20Cl2FO3P. The summed E-state index contributed by atoms with van der Waals surface area (Å²) < 4.78 is 30.4. The molecular weight excluding hydrogens is 385 g/mol. The zero-order valence-electron chi connectivity index (χ0n) is 14.2. The van der Waals surface area contributed by atoms with Crippen molar-refractivity contribution < 1.29 is 18.6 Å².